The summed E-state index contributed by atoms with van der Waals surface area (Å²) in [6, 6.07) is 0. The Morgan fingerprint density at radius 3 is 1.25 bits per heavy atom. The molecule has 0 saturated carbocycles. The zero-order valence-corrected chi connectivity index (χ0v) is 6.84. The van der Waals surface area contributed by atoms with E-state index < -0.39 is 0 Å². The van der Waals surface area contributed by atoms with Gasteiger partial charge in [0.15, 0.2) is 0 Å². The third-order valence-corrected chi connectivity index (χ3v) is 0. The van der Waals surface area contributed by atoms with Gasteiger partial charge in [-0.25, -0.2) is 0 Å². The fourth-order valence-corrected chi connectivity index (χ4v) is 0. The van der Waals surface area contributed by atoms with Gasteiger partial charge >= 0.3 is 0 Å². The first-order valence-corrected chi connectivity index (χ1v) is 3.74. The molecule has 0 aromatic rings. The average Bonchev–Trinajstić information content (AvgIpc) is 1.75. The molecule has 0 radical (unpaired) electrons. The number of hydrogen-bond acceptors (Lipinski definition) is 3. The van der Waals surface area contributed by atoms with E-state index >= 15 is 0 Å². The van der Waals surface area contributed by atoms with E-state index in [1.54, 1.807) is 11.8 Å². The maximum atomic E-state index is 8.00. The van der Waals surface area contributed by atoms with Crippen LogP contribution in [0.5, 0.6) is 0 Å². The van der Waals surface area contributed by atoms with E-state index in [1.165, 1.54) is 0 Å². The number of carbonyl (C=O) groups excluding carboxylic acids is 1. The zero-order valence-electron chi connectivity index (χ0n) is 6.02. The van der Waals surface area contributed by atoms with Gasteiger partial charge in [0, 0.05) is 0 Å². The maximum Gasteiger partial charge on any atom is 0.106 e. The molecule has 0 aliphatic carbocycles. The first-order valence-electron chi connectivity index (χ1n) is 2.11. The molecule has 8 heavy (non-hydrogen) atoms. The van der Waals surface area contributed by atoms with Crippen molar-refractivity contribution in [2.45, 2.75) is 0 Å². The molecule has 0 unspecified atom stereocenters. The van der Waals surface area contributed by atoms with Gasteiger partial charge < -0.3 is 10.1 Å². The molecule has 0 heterocycles. The number of carbonyl (C=O) groups is 1. The molecule has 0 amide bonds. The lowest BCUT2D eigenvalue weighted by atomic mass is 11.3. The summed E-state index contributed by atoms with van der Waals surface area (Å²) in [5, 5.41) is 2.75. The van der Waals surface area contributed by atoms with Gasteiger partial charge in [0.2, 0.25) is 0 Å². The van der Waals surface area contributed by atoms with Crippen molar-refractivity contribution in [3.63, 3.8) is 0 Å². The molecule has 52 valence electrons. The minimum Gasteiger partial charge on any atom is -0.323 e. The van der Waals surface area contributed by atoms with Gasteiger partial charge in [-0.2, -0.15) is 11.8 Å². The maximum absolute atomic E-state index is 8.00. The number of nitrogens with one attached hydrogen (secondary N) is 1. The third-order valence-electron chi connectivity index (χ3n) is 0. The SMILES string of the molecule is C=O.CNC.CSC. The van der Waals surface area contributed by atoms with Crippen LogP contribution in [0, 0.1) is 0 Å². The van der Waals surface area contributed by atoms with Crippen LogP contribution >= 0.6 is 11.8 Å². The van der Waals surface area contributed by atoms with Crippen LogP contribution in [0.3, 0.4) is 0 Å². The summed E-state index contributed by atoms with van der Waals surface area (Å²) < 4.78 is 0. The van der Waals surface area contributed by atoms with Crippen LogP contribution in [0.1, 0.15) is 0 Å². The summed E-state index contributed by atoms with van der Waals surface area (Å²) in [6.07, 6.45) is 4.08. The van der Waals surface area contributed by atoms with Crippen LogP contribution in [0.4, 0.5) is 0 Å². The smallest absolute Gasteiger partial charge is 0.106 e. The predicted molar refractivity (Wildman–Crippen MR) is 41.5 cm³/mol. The van der Waals surface area contributed by atoms with Gasteiger partial charge in [-0.1, -0.05) is 0 Å². The Morgan fingerprint density at radius 1 is 1.25 bits per heavy atom. The van der Waals surface area contributed by atoms with Gasteiger partial charge in [0.05, 0.1) is 0 Å². The summed E-state index contributed by atoms with van der Waals surface area (Å²) in [4.78, 5) is 8.00. The molecule has 3 heteroatoms. The van der Waals surface area contributed by atoms with Crippen LogP contribution in [0.25, 0.3) is 0 Å². The second-order valence-electron chi connectivity index (χ2n) is 0.908. The summed E-state index contributed by atoms with van der Waals surface area (Å²) in [5.74, 6) is 0. The van der Waals surface area contributed by atoms with Crippen molar-refractivity contribution in [2.75, 3.05) is 26.6 Å². The Labute approximate surface area is 56.0 Å². The second-order valence-corrected chi connectivity index (χ2v) is 1.72. The molecule has 0 rings (SSSR count). The van der Waals surface area contributed by atoms with Gasteiger partial charge in [-0.05, 0) is 26.6 Å². The second kappa shape index (κ2) is 63.7. The molecule has 0 saturated heterocycles. The fraction of sp³-hybridized carbons (Fsp3) is 0.800. The molecular formula is C5H15NOS. The molecule has 0 aliphatic heterocycles. The van der Waals surface area contributed by atoms with E-state index in [2.05, 4.69) is 5.32 Å². The minimum atomic E-state index is 1.75. The molecule has 2 nitrogen and oxygen atoms in total. The van der Waals surface area contributed by atoms with Crippen LogP contribution in [-0.4, -0.2) is 33.4 Å². The van der Waals surface area contributed by atoms with Gasteiger partial charge in [0.1, 0.15) is 6.79 Å². The summed E-state index contributed by atoms with van der Waals surface area (Å²) >= 11 is 1.75. The quantitative estimate of drug-likeness (QED) is 0.531. The summed E-state index contributed by atoms with van der Waals surface area (Å²) in [5.41, 5.74) is 0. The first-order chi connectivity index (χ1) is 3.83. The average molecular weight is 137 g/mol. The molecule has 0 fully saturated rings. The monoisotopic (exact) mass is 137 g/mol. The number of thioether (sulfide) groups is 1. The molecule has 0 aliphatic rings. The summed E-state index contributed by atoms with van der Waals surface area (Å²) in [7, 11) is 3.75. The Kier molecular flexibility index (Phi) is 125. The van der Waals surface area contributed by atoms with Crippen molar-refractivity contribution in [1.29, 1.82) is 0 Å². The Bertz CT molecular complexity index is 19.9. The fourth-order valence-electron chi connectivity index (χ4n) is 0. The standard InChI is InChI=1S/C2H7N.C2H6S.CH2O/c2*1-3-2;1-2/h3H,1-2H3;1-2H3;1H2. The molecule has 0 atom stereocenters. The van der Waals surface area contributed by atoms with Gasteiger partial charge in [0.25, 0.3) is 0 Å². The minimum absolute atomic E-state index is 1.75. The van der Waals surface area contributed by atoms with Crippen molar-refractivity contribution < 1.29 is 4.79 Å². The van der Waals surface area contributed by atoms with Crippen LogP contribution in [-0.2, 0) is 4.79 Å². The van der Waals surface area contributed by atoms with Crippen LogP contribution in [0.2, 0.25) is 0 Å². The van der Waals surface area contributed by atoms with E-state index in [0.29, 0.717) is 0 Å². The van der Waals surface area contributed by atoms with Crippen molar-refractivity contribution >= 4 is 18.6 Å². The Hall–Kier alpha value is -0.0200. The third kappa shape index (κ3) is 371000. The van der Waals surface area contributed by atoms with E-state index in [-0.39, 0.29) is 0 Å². The van der Waals surface area contributed by atoms with E-state index in [1.807, 2.05) is 33.4 Å². The molecule has 0 spiro atoms. The van der Waals surface area contributed by atoms with Gasteiger partial charge in [-0.15, -0.1) is 0 Å². The lowest BCUT2D eigenvalue weighted by molar-refractivity contribution is -0.0979. The van der Waals surface area contributed by atoms with Crippen LogP contribution < -0.4 is 5.32 Å². The molecule has 0 aromatic heterocycles. The number of hydrogen-bond donors (Lipinski definition) is 1. The van der Waals surface area contributed by atoms with Crippen molar-refractivity contribution in [3.8, 4) is 0 Å². The Morgan fingerprint density at radius 2 is 1.25 bits per heavy atom. The van der Waals surface area contributed by atoms with Crippen LogP contribution in [0.15, 0.2) is 0 Å². The molecular weight excluding hydrogens is 122 g/mol. The summed E-state index contributed by atoms with van der Waals surface area (Å²) in [6.45, 7) is 2.00. The molecule has 0 aromatic carbocycles. The van der Waals surface area contributed by atoms with E-state index in [4.69, 9.17) is 4.79 Å². The lowest BCUT2D eigenvalue weighted by Gasteiger charge is -1.59. The highest BCUT2D eigenvalue weighted by atomic mass is 32.2. The van der Waals surface area contributed by atoms with Crippen molar-refractivity contribution in [3.05, 3.63) is 0 Å². The van der Waals surface area contributed by atoms with E-state index in [0.717, 1.165) is 0 Å². The van der Waals surface area contributed by atoms with Crippen molar-refractivity contribution in [2.24, 2.45) is 0 Å². The molecule has 1 N–H and O–H groups in total. The normalized spacial score (nSPS) is 5.00. The highest BCUT2D eigenvalue weighted by molar-refractivity contribution is 7.97. The number of rotatable bonds is 0. The highest BCUT2D eigenvalue weighted by Crippen LogP contribution is 1.70. The molecule has 0 bridgehead atoms. The first kappa shape index (κ1) is 15.7. The lowest BCUT2D eigenvalue weighted by Crippen LogP contribution is -1.89. The largest absolute Gasteiger partial charge is 0.323 e. The Balaban J connectivity index is -0.0000000483. The predicted octanol–water partition coefficient (Wildman–Crippen LogP) is 0.630. The topological polar surface area (TPSA) is 29.1 Å². The van der Waals surface area contributed by atoms with Crippen molar-refractivity contribution in [1.82, 2.24) is 5.32 Å². The zero-order chi connectivity index (χ0) is 7.41. The highest BCUT2D eigenvalue weighted by Gasteiger charge is 1.32. The van der Waals surface area contributed by atoms with E-state index in [9.17, 15) is 0 Å². The van der Waals surface area contributed by atoms with Gasteiger partial charge in [-0.3, -0.25) is 0 Å².